The van der Waals surface area contributed by atoms with Crippen LogP contribution in [0.5, 0.6) is 0 Å². The molecule has 212 valence electrons. The van der Waals surface area contributed by atoms with Gasteiger partial charge in [0.15, 0.2) is 9.84 Å². The van der Waals surface area contributed by atoms with Crippen molar-refractivity contribution in [1.82, 2.24) is 4.72 Å². The monoisotopic (exact) mass is 583 g/mol. The van der Waals surface area contributed by atoms with Crippen LogP contribution in [0.15, 0.2) is 63.9 Å². The normalized spacial score (nSPS) is 17.1. The van der Waals surface area contributed by atoms with Gasteiger partial charge in [-0.15, -0.1) is 0 Å². The second kappa shape index (κ2) is 11.0. The minimum Gasteiger partial charge on any atom is -0.379 e. The van der Waals surface area contributed by atoms with Crippen molar-refractivity contribution in [3.8, 4) is 0 Å². The molecule has 0 saturated carbocycles. The molecule has 2 aliphatic rings. The number of hydrogen-bond donors (Lipinski definition) is 2. The lowest BCUT2D eigenvalue weighted by Crippen LogP contribution is -2.40. The van der Waals surface area contributed by atoms with Crippen molar-refractivity contribution >= 4 is 37.1 Å². The molecule has 0 atom stereocenters. The number of rotatable bonds is 7. The first-order valence-electron chi connectivity index (χ1n) is 12.4. The third-order valence-electron chi connectivity index (χ3n) is 6.41. The van der Waals surface area contributed by atoms with E-state index in [1.54, 1.807) is 25.7 Å². The van der Waals surface area contributed by atoms with E-state index in [2.05, 4.69) is 10.0 Å². The Morgan fingerprint density at radius 1 is 0.974 bits per heavy atom. The predicted molar refractivity (Wildman–Crippen MR) is 143 cm³/mol. The fraction of sp³-hybridized carbons (Fsp3) is 0.423. The molecular formula is C26H31F2N3O6S2. The van der Waals surface area contributed by atoms with Crippen molar-refractivity contribution in [2.75, 3.05) is 36.5 Å². The number of anilines is 2. The van der Waals surface area contributed by atoms with Crippen LogP contribution in [0.25, 0.3) is 0 Å². The molecule has 2 aromatic carbocycles. The SMILES string of the molecule is CC(C)(C)NS(=O)(=O)c1cccc(NC(=O)c2ccc(S(=O)(=O)C3COC3)cc2N2CCC(=C(F)F)CC2)c1. The number of hydrogen-bond acceptors (Lipinski definition) is 7. The minimum atomic E-state index is -3.86. The molecular weight excluding hydrogens is 552 g/mol. The van der Waals surface area contributed by atoms with Crippen LogP contribution in [0.2, 0.25) is 0 Å². The summed E-state index contributed by atoms with van der Waals surface area (Å²) in [5, 5.41) is 2.00. The number of nitrogens with one attached hydrogen (secondary N) is 2. The van der Waals surface area contributed by atoms with Gasteiger partial charge in [0.05, 0.1) is 34.3 Å². The van der Waals surface area contributed by atoms with E-state index in [1.165, 1.54) is 42.5 Å². The topological polar surface area (TPSA) is 122 Å². The first kappa shape index (κ1) is 29.1. The number of nitrogens with zero attached hydrogens (tertiary/aromatic N) is 1. The first-order valence-corrected chi connectivity index (χ1v) is 15.4. The zero-order valence-corrected chi connectivity index (χ0v) is 23.5. The number of halogens is 2. The maximum Gasteiger partial charge on any atom is 0.269 e. The second-order valence-electron chi connectivity index (χ2n) is 10.6. The van der Waals surface area contributed by atoms with Gasteiger partial charge in [0.25, 0.3) is 12.0 Å². The summed E-state index contributed by atoms with van der Waals surface area (Å²) in [5.74, 6) is -0.600. The lowest BCUT2D eigenvalue weighted by atomic mass is 10.0. The molecule has 4 rings (SSSR count). The molecule has 0 radical (unpaired) electrons. The van der Waals surface area contributed by atoms with Gasteiger partial charge in [-0.1, -0.05) is 6.07 Å². The van der Waals surface area contributed by atoms with Crippen LogP contribution >= 0.6 is 0 Å². The van der Waals surface area contributed by atoms with Gasteiger partial charge in [-0.05, 0) is 75.6 Å². The Morgan fingerprint density at radius 2 is 1.64 bits per heavy atom. The Labute approximate surface area is 227 Å². The summed E-state index contributed by atoms with van der Waals surface area (Å²) >= 11 is 0. The second-order valence-corrected chi connectivity index (χ2v) is 14.5. The van der Waals surface area contributed by atoms with E-state index >= 15 is 0 Å². The molecule has 1 amide bonds. The number of ether oxygens (including phenoxy) is 1. The molecule has 13 heteroatoms. The highest BCUT2D eigenvalue weighted by Crippen LogP contribution is 2.33. The summed E-state index contributed by atoms with van der Waals surface area (Å²) in [4.78, 5) is 15.1. The van der Waals surface area contributed by atoms with Gasteiger partial charge in [0.2, 0.25) is 10.0 Å². The molecule has 9 nitrogen and oxygen atoms in total. The van der Waals surface area contributed by atoms with E-state index in [1.807, 2.05) is 0 Å². The average molecular weight is 584 g/mol. The van der Waals surface area contributed by atoms with Gasteiger partial charge in [0.1, 0.15) is 5.25 Å². The molecule has 2 saturated heterocycles. The van der Waals surface area contributed by atoms with Crippen molar-refractivity contribution in [2.24, 2.45) is 0 Å². The third-order valence-corrected chi connectivity index (χ3v) is 10.2. The minimum absolute atomic E-state index is 0.0155. The molecule has 2 aromatic rings. The molecule has 0 aliphatic carbocycles. The van der Waals surface area contributed by atoms with E-state index in [-0.39, 0.29) is 65.8 Å². The summed E-state index contributed by atoms with van der Waals surface area (Å²) in [5.41, 5.74) is -0.0304. The molecule has 2 N–H and O–H groups in total. The van der Waals surface area contributed by atoms with Crippen molar-refractivity contribution in [3.63, 3.8) is 0 Å². The van der Waals surface area contributed by atoms with Crippen LogP contribution in [-0.4, -0.2) is 59.8 Å². The average Bonchev–Trinajstić information content (AvgIpc) is 2.81. The molecule has 0 unspecified atom stereocenters. The molecule has 0 bridgehead atoms. The summed E-state index contributed by atoms with van der Waals surface area (Å²) < 4.78 is 85.4. The van der Waals surface area contributed by atoms with E-state index in [9.17, 15) is 30.4 Å². The number of amides is 1. The lowest BCUT2D eigenvalue weighted by Gasteiger charge is -2.32. The van der Waals surface area contributed by atoms with Gasteiger partial charge in [-0.3, -0.25) is 4.79 Å². The zero-order valence-electron chi connectivity index (χ0n) is 21.8. The van der Waals surface area contributed by atoms with E-state index in [0.717, 1.165) is 0 Å². The van der Waals surface area contributed by atoms with Crippen LogP contribution < -0.4 is 14.9 Å². The van der Waals surface area contributed by atoms with E-state index in [0.29, 0.717) is 5.69 Å². The highest BCUT2D eigenvalue weighted by molar-refractivity contribution is 7.92. The fourth-order valence-corrected chi connectivity index (χ4v) is 7.27. The van der Waals surface area contributed by atoms with Crippen LogP contribution in [-0.2, 0) is 24.6 Å². The fourth-order valence-electron chi connectivity index (χ4n) is 4.34. The predicted octanol–water partition coefficient (Wildman–Crippen LogP) is 3.94. The van der Waals surface area contributed by atoms with Gasteiger partial charge in [0, 0.05) is 24.3 Å². The van der Waals surface area contributed by atoms with Crippen molar-refractivity contribution < 1.29 is 35.1 Å². The molecule has 2 aliphatic heterocycles. The first-order chi connectivity index (χ1) is 18.2. The summed E-state index contributed by atoms with van der Waals surface area (Å²) in [6.45, 7) is 5.64. The highest BCUT2D eigenvalue weighted by Gasteiger charge is 2.35. The van der Waals surface area contributed by atoms with E-state index < -0.39 is 42.6 Å². The third kappa shape index (κ3) is 6.65. The lowest BCUT2D eigenvalue weighted by molar-refractivity contribution is 0.0416. The summed E-state index contributed by atoms with van der Waals surface area (Å²) in [6.07, 6.45) is -1.56. The number of benzene rings is 2. The summed E-state index contributed by atoms with van der Waals surface area (Å²) in [7, 11) is -7.57. The van der Waals surface area contributed by atoms with Crippen molar-refractivity contribution in [2.45, 2.75) is 54.2 Å². The molecule has 39 heavy (non-hydrogen) atoms. The Morgan fingerprint density at radius 3 is 2.21 bits per heavy atom. The van der Waals surface area contributed by atoms with Gasteiger partial charge >= 0.3 is 0 Å². The largest absolute Gasteiger partial charge is 0.379 e. The number of piperidine rings is 1. The van der Waals surface area contributed by atoms with Crippen molar-refractivity contribution in [1.29, 1.82) is 0 Å². The van der Waals surface area contributed by atoms with Gasteiger partial charge < -0.3 is 15.0 Å². The van der Waals surface area contributed by atoms with Crippen LogP contribution in [0.1, 0.15) is 44.0 Å². The molecule has 0 aromatic heterocycles. The Bertz CT molecular complexity index is 1500. The molecule has 0 spiro atoms. The van der Waals surface area contributed by atoms with Gasteiger partial charge in [-0.2, -0.15) is 8.78 Å². The smallest absolute Gasteiger partial charge is 0.269 e. The summed E-state index contributed by atoms with van der Waals surface area (Å²) in [6, 6.07) is 9.89. The number of carbonyl (C=O) groups is 1. The van der Waals surface area contributed by atoms with Gasteiger partial charge in [-0.25, -0.2) is 21.6 Å². The zero-order chi connectivity index (χ0) is 28.6. The number of sulfone groups is 1. The quantitative estimate of drug-likeness (QED) is 0.506. The van der Waals surface area contributed by atoms with Crippen LogP contribution in [0, 0.1) is 0 Å². The van der Waals surface area contributed by atoms with Crippen LogP contribution in [0.3, 0.4) is 0 Å². The standard InChI is InChI=1S/C26H31F2N3O6S2/c1-26(2,3)30-39(35,36)20-6-4-5-18(13-20)29-25(32)22-8-7-19(38(33,34)21-15-37-16-21)14-23(22)31-11-9-17(10-12-31)24(27)28/h4-8,13-14,21,30H,9-12,15-16H2,1-3H3,(H,29,32). The number of sulfonamides is 1. The Hall–Kier alpha value is -2.87. The Kier molecular flexibility index (Phi) is 8.18. The highest BCUT2D eigenvalue weighted by atomic mass is 32.2. The molecule has 2 heterocycles. The maximum atomic E-state index is 13.4. The van der Waals surface area contributed by atoms with Crippen LogP contribution in [0.4, 0.5) is 20.2 Å². The van der Waals surface area contributed by atoms with Crippen molar-refractivity contribution in [3.05, 3.63) is 59.7 Å². The molecule has 2 fully saturated rings. The Balaban J connectivity index is 1.66. The number of carbonyl (C=O) groups excluding carboxylic acids is 1. The van der Waals surface area contributed by atoms with E-state index in [4.69, 9.17) is 4.74 Å². The maximum absolute atomic E-state index is 13.4.